The number of rotatable bonds is 4. The number of hydrogen-bond acceptors (Lipinski definition) is 5. The molecule has 3 aromatic heterocycles. The maximum atomic E-state index is 11.3. The topological polar surface area (TPSA) is 123 Å². The summed E-state index contributed by atoms with van der Waals surface area (Å²) in [5.74, 6) is -0.510. The summed E-state index contributed by atoms with van der Waals surface area (Å²) in [6, 6.07) is 5.52. The van der Waals surface area contributed by atoms with Crippen molar-refractivity contribution >= 4 is 33.7 Å². The summed E-state index contributed by atoms with van der Waals surface area (Å²) in [7, 11) is 0. The SMILES string of the molecule is CC.CCN=C(/C=C(/C)N)c1ccc2c(n1)[nH]c1ncc(C(N)=O)cc12. The maximum absolute atomic E-state index is 11.3. The maximum Gasteiger partial charge on any atom is 0.250 e. The zero-order valence-corrected chi connectivity index (χ0v) is 15.5. The summed E-state index contributed by atoms with van der Waals surface area (Å²) in [6.45, 7) is 8.40. The molecule has 7 nitrogen and oxygen atoms in total. The van der Waals surface area contributed by atoms with Gasteiger partial charge in [-0.3, -0.25) is 9.79 Å². The molecule has 0 aliphatic carbocycles. The van der Waals surface area contributed by atoms with Crippen LogP contribution in [-0.2, 0) is 0 Å². The van der Waals surface area contributed by atoms with Gasteiger partial charge in [-0.05, 0) is 38.1 Å². The van der Waals surface area contributed by atoms with Gasteiger partial charge < -0.3 is 16.5 Å². The lowest BCUT2D eigenvalue weighted by Crippen LogP contribution is -2.10. The van der Waals surface area contributed by atoms with Crippen molar-refractivity contribution in [3.63, 3.8) is 0 Å². The van der Waals surface area contributed by atoms with Crippen LogP contribution in [-0.4, -0.2) is 33.1 Å². The van der Waals surface area contributed by atoms with Crippen LogP contribution in [0.1, 0.15) is 43.7 Å². The van der Waals surface area contributed by atoms with Gasteiger partial charge in [0.1, 0.15) is 11.3 Å². The number of pyridine rings is 2. The van der Waals surface area contributed by atoms with Gasteiger partial charge in [0.2, 0.25) is 5.91 Å². The molecule has 0 atom stereocenters. The minimum absolute atomic E-state index is 0.363. The Labute approximate surface area is 152 Å². The third-order valence-electron chi connectivity index (χ3n) is 3.55. The third-order valence-corrected chi connectivity index (χ3v) is 3.55. The molecule has 26 heavy (non-hydrogen) atoms. The molecular weight excluding hydrogens is 328 g/mol. The number of hydrogen-bond donors (Lipinski definition) is 3. The van der Waals surface area contributed by atoms with E-state index in [1.165, 1.54) is 6.20 Å². The standard InChI is InChI=1S/C17H18N6O.C2H6/c1-3-20-14(6-9(2)18)13-5-4-11-12-7-10(15(19)24)8-21-16(12)23-17(11)22-13;1-2/h4-8H,3,18H2,1-2H3,(H2,19,24)(H,21,22,23);1-2H3/b9-6-,20-14?;. The zero-order chi connectivity index (χ0) is 19.3. The van der Waals surface area contributed by atoms with Gasteiger partial charge in [0.05, 0.1) is 17.0 Å². The number of nitrogens with two attached hydrogens (primary N) is 2. The Kier molecular flexibility index (Phi) is 6.06. The van der Waals surface area contributed by atoms with E-state index in [-0.39, 0.29) is 0 Å². The minimum Gasteiger partial charge on any atom is -0.402 e. The quantitative estimate of drug-likeness (QED) is 0.625. The first-order valence-electron chi connectivity index (χ1n) is 8.56. The molecule has 0 spiro atoms. The van der Waals surface area contributed by atoms with Crippen LogP contribution in [0.4, 0.5) is 0 Å². The molecule has 0 bridgehead atoms. The van der Waals surface area contributed by atoms with Crippen LogP contribution < -0.4 is 11.5 Å². The lowest BCUT2D eigenvalue weighted by atomic mass is 10.1. The third kappa shape index (κ3) is 3.88. The Morgan fingerprint density at radius 1 is 1.23 bits per heavy atom. The average Bonchev–Trinajstić information content (AvgIpc) is 2.99. The normalized spacial score (nSPS) is 12.2. The number of nitrogens with zero attached hydrogens (tertiary/aromatic N) is 3. The van der Waals surface area contributed by atoms with Crippen LogP contribution in [0, 0.1) is 0 Å². The van der Waals surface area contributed by atoms with Crippen LogP contribution in [0.15, 0.2) is 41.2 Å². The monoisotopic (exact) mass is 352 g/mol. The second kappa shape index (κ2) is 8.24. The average molecular weight is 352 g/mol. The van der Waals surface area contributed by atoms with Gasteiger partial charge in [0.15, 0.2) is 0 Å². The number of allylic oxidation sites excluding steroid dienone is 2. The van der Waals surface area contributed by atoms with E-state index in [1.807, 2.05) is 39.8 Å². The molecule has 0 aliphatic rings. The van der Waals surface area contributed by atoms with Gasteiger partial charge in [-0.15, -0.1) is 0 Å². The molecule has 0 radical (unpaired) electrons. The second-order valence-corrected chi connectivity index (χ2v) is 5.45. The van der Waals surface area contributed by atoms with E-state index >= 15 is 0 Å². The highest BCUT2D eigenvalue weighted by molar-refractivity contribution is 6.11. The Morgan fingerprint density at radius 2 is 1.96 bits per heavy atom. The van der Waals surface area contributed by atoms with Crippen LogP contribution in [0.25, 0.3) is 22.1 Å². The second-order valence-electron chi connectivity index (χ2n) is 5.45. The van der Waals surface area contributed by atoms with Gasteiger partial charge in [0.25, 0.3) is 0 Å². The molecule has 0 aromatic carbocycles. The molecule has 7 heteroatoms. The van der Waals surface area contributed by atoms with Crippen molar-refractivity contribution in [1.29, 1.82) is 0 Å². The number of aromatic nitrogens is 3. The summed E-state index contributed by atoms with van der Waals surface area (Å²) in [4.78, 5) is 27.8. The fourth-order valence-electron chi connectivity index (χ4n) is 2.52. The minimum atomic E-state index is -0.510. The van der Waals surface area contributed by atoms with Gasteiger partial charge in [0, 0.05) is 29.2 Å². The first-order valence-corrected chi connectivity index (χ1v) is 8.56. The highest BCUT2D eigenvalue weighted by Gasteiger charge is 2.11. The van der Waals surface area contributed by atoms with Gasteiger partial charge >= 0.3 is 0 Å². The Hall–Kier alpha value is -3.22. The van der Waals surface area contributed by atoms with Crippen molar-refractivity contribution in [2.75, 3.05) is 6.54 Å². The molecule has 3 heterocycles. The molecule has 0 aliphatic heterocycles. The molecule has 5 N–H and O–H groups in total. The van der Waals surface area contributed by atoms with Crippen molar-refractivity contribution in [2.45, 2.75) is 27.7 Å². The van der Waals surface area contributed by atoms with E-state index in [2.05, 4.69) is 19.9 Å². The van der Waals surface area contributed by atoms with Crippen molar-refractivity contribution in [3.05, 3.63) is 47.4 Å². The first kappa shape index (κ1) is 19.1. The predicted molar refractivity (Wildman–Crippen MR) is 106 cm³/mol. The van der Waals surface area contributed by atoms with E-state index in [0.717, 1.165) is 22.2 Å². The van der Waals surface area contributed by atoms with E-state index in [1.54, 1.807) is 12.1 Å². The number of aliphatic imine (C=N–C) groups is 1. The van der Waals surface area contributed by atoms with E-state index in [4.69, 9.17) is 11.5 Å². The zero-order valence-electron chi connectivity index (χ0n) is 15.5. The van der Waals surface area contributed by atoms with Crippen LogP contribution in [0.3, 0.4) is 0 Å². The molecular formula is C19H24N6O. The molecule has 3 rings (SSSR count). The highest BCUT2D eigenvalue weighted by atomic mass is 16.1. The van der Waals surface area contributed by atoms with Crippen molar-refractivity contribution in [3.8, 4) is 0 Å². The molecule has 136 valence electrons. The van der Waals surface area contributed by atoms with Crippen molar-refractivity contribution < 1.29 is 4.79 Å². The van der Waals surface area contributed by atoms with E-state index < -0.39 is 5.91 Å². The summed E-state index contributed by atoms with van der Waals surface area (Å²) in [6.07, 6.45) is 3.25. The highest BCUT2D eigenvalue weighted by Crippen LogP contribution is 2.24. The molecule has 0 saturated carbocycles. The van der Waals surface area contributed by atoms with Crippen LogP contribution >= 0.6 is 0 Å². The molecule has 0 fully saturated rings. The number of nitrogens with one attached hydrogen (secondary N) is 1. The molecule has 3 aromatic rings. The molecule has 0 unspecified atom stereocenters. The van der Waals surface area contributed by atoms with Crippen LogP contribution in [0.5, 0.6) is 0 Å². The van der Waals surface area contributed by atoms with E-state index in [0.29, 0.717) is 29.1 Å². The van der Waals surface area contributed by atoms with E-state index in [9.17, 15) is 4.79 Å². The number of fused-ring (bicyclic) bond motifs is 3. The van der Waals surface area contributed by atoms with Gasteiger partial charge in [-0.25, -0.2) is 9.97 Å². The largest absolute Gasteiger partial charge is 0.402 e. The predicted octanol–water partition coefficient (Wildman–Crippen LogP) is 2.91. The number of amides is 1. The van der Waals surface area contributed by atoms with Gasteiger partial charge in [-0.1, -0.05) is 13.8 Å². The Balaban J connectivity index is 0.00000117. The molecule has 1 amide bonds. The molecule has 0 saturated heterocycles. The van der Waals surface area contributed by atoms with Crippen molar-refractivity contribution in [1.82, 2.24) is 15.0 Å². The smallest absolute Gasteiger partial charge is 0.250 e. The lowest BCUT2D eigenvalue weighted by Gasteiger charge is -2.02. The first-order chi connectivity index (χ1) is 12.5. The number of primary amides is 1. The summed E-state index contributed by atoms with van der Waals surface area (Å²) in [5.41, 5.74) is 14.9. The number of aromatic amines is 1. The van der Waals surface area contributed by atoms with Gasteiger partial charge in [-0.2, -0.15) is 0 Å². The Morgan fingerprint density at radius 3 is 2.58 bits per heavy atom. The lowest BCUT2D eigenvalue weighted by molar-refractivity contribution is 0.1000. The Bertz CT molecular complexity index is 996. The summed E-state index contributed by atoms with van der Waals surface area (Å²) < 4.78 is 0. The number of carbonyl (C=O) groups is 1. The fourth-order valence-corrected chi connectivity index (χ4v) is 2.52. The summed E-state index contributed by atoms with van der Waals surface area (Å²) in [5, 5.41) is 1.67. The summed E-state index contributed by atoms with van der Waals surface area (Å²) >= 11 is 0. The number of carbonyl (C=O) groups excluding carboxylic acids is 1. The van der Waals surface area contributed by atoms with Crippen molar-refractivity contribution in [2.24, 2.45) is 16.5 Å². The van der Waals surface area contributed by atoms with Crippen LogP contribution in [0.2, 0.25) is 0 Å². The fraction of sp³-hybridized carbons (Fsp3) is 0.263. The number of H-pyrrole nitrogens is 1.